The first-order chi connectivity index (χ1) is 9.47. The standard InChI is InChI=1S/C14H8Cl2F2OS/c15-10-3-2-9(6-11(10)16)20-7-14(19)8-1-4-12(17)13(18)5-8/h1-6H,7H2. The van der Waals surface area contributed by atoms with Crippen molar-refractivity contribution >= 4 is 40.7 Å². The fourth-order valence-electron chi connectivity index (χ4n) is 1.47. The van der Waals surface area contributed by atoms with E-state index in [2.05, 4.69) is 0 Å². The lowest BCUT2D eigenvalue weighted by molar-refractivity contribution is 0.102. The molecular formula is C14H8Cl2F2OS. The molecule has 2 aromatic carbocycles. The van der Waals surface area contributed by atoms with Crippen LogP contribution in [-0.4, -0.2) is 11.5 Å². The van der Waals surface area contributed by atoms with E-state index in [-0.39, 0.29) is 17.1 Å². The third-order valence-electron chi connectivity index (χ3n) is 2.50. The predicted octanol–water partition coefficient (Wildman–Crippen LogP) is 5.25. The molecular weight excluding hydrogens is 325 g/mol. The maximum atomic E-state index is 13.0. The van der Waals surface area contributed by atoms with Crippen LogP contribution in [0.1, 0.15) is 10.4 Å². The zero-order chi connectivity index (χ0) is 14.7. The topological polar surface area (TPSA) is 17.1 Å². The minimum Gasteiger partial charge on any atom is -0.293 e. The van der Waals surface area contributed by atoms with E-state index in [9.17, 15) is 13.6 Å². The highest BCUT2D eigenvalue weighted by Crippen LogP contribution is 2.28. The quantitative estimate of drug-likeness (QED) is 0.562. The van der Waals surface area contributed by atoms with E-state index in [1.807, 2.05) is 0 Å². The molecule has 0 aromatic heterocycles. The molecule has 104 valence electrons. The highest BCUT2D eigenvalue weighted by Gasteiger charge is 2.10. The molecule has 0 aliphatic rings. The Hall–Kier alpha value is -1.10. The lowest BCUT2D eigenvalue weighted by Crippen LogP contribution is -2.03. The minimum atomic E-state index is -1.03. The molecule has 0 heterocycles. The molecule has 0 spiro atoms. The van der Waals surface area contributed by atoms with Gasteiger partial charge in [-0.15, -0.1) is 11.8 Å². The Labute approximate surface area is 128 Å². The molecule has 0 saturated heterocycles. The fourth-order valence-corrected chi connectivity index (χ4v) is 2.66. The van der Waals surface area contributed by atoms with E-state index >= 15 is 0 Å². The smallest absolute Gasteiger partial charge is 0.173 e. The number of Topliss-reactive ketones (excluding diaryl/α,β-unsaturated/α-hetero) is 1. The van der Waals surface area contributed by atoms with Crippen LogP contribution in [0.3, 0.4) is 0 Å². The number of halogens is 4. The molecule has 20 heavy (non-hydrogen) atoms. The summed E-state index contributed by atoms with van der Waals surface area (Å²) in [5.41, 5.74) is 0.136. The van der Waals surface area contributed by atoms with Gasteiger partial charge < -0.3 is 0 Å². The van der Waals surface area contributed by atoms with Gasteiger partial charge in [-0.05, 0) is 36.4 Å². The number of hydrogen-bond donors (Lipinski definition) is 0. The first-order valence-electron chi connectivity index (χ1n) is 5.53. The average molecular weight is 333 g/mol. The van der Waals surface area contributed by atoms with Gasteiger partial charge in [0.15, 0.2) is 17.4 Å². The zero-order valence-corrected chi connectivity index (χ0v) is 12.3. The van der Waals surface area contributed by atoms with E-state index < -0.39 is 11.6 Å². The highest BCUT2D eigenvalue weighted by molar-refractivity contribution is 8.00. The van der Waals surface area contributed by atoms with Crippen molar-refractivity contribution in [2.75, 3.05) is 5.75 Å². The molecule has 0 radical (unpaired) electrons. The Balaban J connectivity index is 2.04. The lowest BCUT2D eigenvalue weighted by Gasteiger charge is -2.04. The van der Waals surface area contributed by atoms with Crippen LogP contribution < -0.4 is 0 Å². The van der Waals surface area contributed by atoms with Crippen LogP contribution in [0.4, 0.5) is 8.78 Å². The van der Waals surface area contributed by atoms with E-state index in [0.29, 0.717) is 10.0 Å². The summed E-state index contributed by atoms with van der Waals surface area (Å²) < 4.78 is 25.8. The van der Waals surface area contributed by atoms with Gasteiger partial charge in [0.1, 0.15) is 0 Å². The summed E-state index contributed by atoms with van der Waals surface area (Å²) in [6.07, 6.45) is 0. The summed E-state index contributed by atoms with van der Waals surface area (Å²) in [6, 6.07) is 8.11. The second kappa shape index (κ2) is 6.57. The number of carbonyl (C=O) groups excluding carboxylic acids is 1. The van der Waals surface area contributed by atoms with Crippen LogP contribution in [0.25, 0.3) is 0 Å². The van der Waals surface area contributed by atoms with Crippen molar-refractivity contribution in [2.45, 2.75) is 4.90 Å². The van der Waals surface area contributed by atoms with Gasteiger partial charge in [-0.1, -0.05) is 23.2 Å². The second-order valence-electron chi connectivity index (χ2n) is 3.92. The summed E-state index contributed by atoms with van der Waals surface area (Å²) in [7, 11) is 0. The third kappa shape index (κ3) is 3.72. The fraction of sp³-hybridized carbons (Fsp3) is 0.0714. The number of hydrogen-bond acceptors (Lipinski definition) is 2. The maximum Gasteiger partial charge on any atom is 0.173 e. The SMILES string of the molecule is O=C(CSc1ccc(Cl)c(Cl)c1)c1ccc(F)c(F)c1. The minimum absolute atomic E-state index is 0.100. The van der Waals surface area contributed by atoms with Crippen LogP contribution in [0.5, 0.6) is 0 Å². The first kappa shape index (κ1) is 15.3. The number of rotatable bonds is 4. The third-order valence-corrected chi connectivity index (χ3v) is 4.24. The summed E-state index contributed by atoms with van der Waals surface area (Å²) in [5.74, 6) is -2.20. The lowest BCUT2D eigenvalue weighted by atomic mass is 10.1. The van der Waals surface area contributed by atoms with Gasteiger partial charge in [0.05, 0.1) is 15.8 Å². The monoisotopic (exact) mass is 332 g/mol. The largest absolute Gasteiger partial charge is 0.293 e. The number of ketones is 1. The second-order valence-corrected chi connectivity index (χ2v) is 5.78. The van der Waals surface area contributed by atoms with Crippen LogP contribution in [0.15, 0.2) is 41.3 Å². The average Bonchev–Trinajstić information content (AvgIpc) is 2.43. The van der Waals surface area contributed by atoms with Crippen molar-refractivity contribution in [3.63, 3.8) is 0 Å². The number of benzene rings is 2. The molecule has 0 fully saturated rings. The molecule has 0 unspecified atom stereocenters. The van der Waals surface area contributed by atoms with Crippen LogP contribution in [0.2, 0.25) is 10.0 Å². The van der Waals surface area contributed by atoms with Crippen molar-refractivity contribution in [1.29, 1.82) is 0 Å². The molecule has 0 bridgehead atoms. The highest BCUT2D eigenvalue weighted by atomic mass is 35.5. The van der Waals surface area contributed by atoms with Crippen molar-refractivity contribution < 1.29 is 13.6 Å². The number of carbonyl (C=O) groups is 1. The van der Waals surface area contributed by atoms with Crippen LogP contribution >= 0.6 is 35.0 Å². The van der Waals surface area contributed by atoms with Gasteiger partial charge in [-0.2, -0.15) is 0 Å². The van der Waals surface area contributed by atoms with Gasteiger partial charge in [0, 0.05) is 10.5 Å². The van der Waals surface area contributed by atoms with Gasteiger partial charge in [-0.3, -0.25) is 4.79 Å². The Bertz CT molecular complexity index is 662. The molecule has 2 aromatic rings. The Morgan fingerprint density at radius 2 is 1.75 bits per heavy atom. The van der Waals surface area contributed by atoms with E-state index in [1.165, 1.54) is 17.8 Å². The van der Waals surface area contributed by atoms with E-state index in [0.717, 1.165) is 17.0 Å². The zero-order valence-electron chi connectivity index (χ0n) is 10.00. The molecule has 6 heteroatoms. The van der Waals surface area contributed by atoms with Gasteiger partial charge >= 0.3 is 0 Å². The van der Waals surface area contributed by atoms with E-state index in [4.69, 9.17) is 23.2 Å². The van der Waals surface area contributed by atoms with Crippen LogP contribution in [0, 0.1) is 11.6 Å². The Morgan fingerprint density at radius 3 is 2.40 bits per heavy atom. The molecule has 0 aliphatic carbocycles. The predicted molar refractivity (Wildman–Crippen MR) is 77.9 cm³/mol. The molecule has 0 aliphatic heterocycles. The summed E-state index contributed by atoms with van der Waals surface area (Å²) in [4.78, 5) is 12.6. The molecule has 0 amide bonds. The molecule has 1 nitrogen and oxygen atoms in total. The summed E-state index contributed by atoms with van der Waals surface area (Å²) in [5, 5.41) is 0.833. The van der Waals surface area contributed by atoms with Crippen LogP contribution in [-0.2, 0) is 0 Å². The van der Waals surface area contributed by atoms with Gasteiger partial charge in [0.2, 0.25) is 0 Å². The van der Waals surface area contributed by atoms with Gasteiger partial charge in [-0.25, -0.2) is 8.78 Å². The Kier molecular flexibility index (Phi) is 5.02. The van der Waals surface area contributed by atoms with Gasteiger partial charge in [0.25, 0.3) is 0 Å². The first-order valence-corrected chi connectivity index (χ1v) is 7.27. The van der Waals surface area contributed by atoms with Crippen molar-refractivity contribution in [2.24, 2.45) is 0 Å². The summed E-state index contributed by atoms with van der Waals surface area (Å²) >= 11 is 12.9. The molecule has 0 atom stereocenters. The molecule has 2 rings (SSSR count). The molecule has 0 saturated carbocycles. The maximum absolute atomic E-state index is 13.0. The van der Waals surface area contributed by atoms with Crippen molar-refractivity contribution in [3.05, 3.63) is 63.6 Å². The normalized spacial score (nSPS) is 10.6. The van der Waals surface area contributed by atoms with Crippen molar-refractivity contribution in [1.82, 2.24) is 0 Å². The summed E-state index contributed by atoms with van der Waals surface area (Å²) in [6.45, 7) is 0. The Morgan fingerprint density at radius 1 is 1.00 bits per heavy atom. The van der Waals surface area contributed by atoms with Crippen molar-refractivity contribution in [3.8, 4) is 0 Å². The van der Waals surface area contributed by atoms with E-state index in [1.54, 1.807) is 18.2 Å². The molecule has 0 N–H and O–H groups in total. The number of thioether (sulfide) groups is 1.